The topological polar surface area (TPSA) is 30.7 Å². The molecule has 17 heavy (non-hydrogen) atoms. The second-order valence-corrected chi connectivity index (χ2v) is 5.79. The summed E-state index contributed by atoms with van der Waals surface area (Å²) in [5.41, 5.74) is 1.85. The molecular weight excluding hydrogens is 346 g/mol. The molecule has 0 atom stereocenters. The second kappa shape index (κ2) is 5.96. The van der Waals surface area contributed by atoms with E-state index in [1.54, 1.807) is 4.80 Å². The molecule has 3 nitrogen and oxygen atoms in total. The van der Waals surface area contributed by atoms with E-state index < -0.39 is 0 Å². The summed E-state index contributed by atoms with van der Waals surface area (Å²) in [6.07, 6.45) is 4.93. The quantitative estimate of drug-likeness (QED) is 0.733. The monoisotopic (exact) mass is 359 g/mol. The van der Waals surface area contributed by atoms with Gasteiger partial charge in [-0.1, -0.05) is 26.2 Å². The van der Waals surface area contributed by atoms with Crippen LogP contribution in [0.3, 0.4) is 0 Å². The van der Waals surface area contributed by atoms with Gasteiger partial charge in [-0.05, 0) is 50.4 Å². The van der Waals surface area contributed by atoms with Crippen LogP contribution >= 0.6 is 31.9 Å². The molecule has 0 fully saturated rings. The molecule has 1 aromatic heterocycles. The molecule has 2 rings (SSSR count). The maximum Gasteiger partial charge on any atom is 0.128 e. The fourth-order valence-electron chi connectivity index (χ4n) is 1.75. The summed E-state index contributed by atoms with van der Waals surface area (Å²) in [5, 5.41) is 9.00. The summed E-state index contributed by atoms with van der Waals surface area (Å²) in [5.74, 6) is 0. The molecule has 0 aliphatic rings. The van der Waals surface area contributed by atoms with E-state index in [9.17, 15) is 0 Å². The third-order valence-electron chi connectivity index (χ3n) is 2.70. The van der Waals surface area contributed by atoms with Gasteiger partial charge >= 0.3 is 0 Å². The van der Waals surface area contributed by atoms with Gasteiger partial charge in [0.2, 0.25) is 0 Å². The highest BCUT2D eigenvalue weighted by molar-refractivity contribution is 9.11. The Kier molecular flexibility index (Phi) is 4.56. The van der Waals surface area contributed by atoms with Crippen LogP contribution < -0.4 is 0 Å². The number of nitrogens with zero attached hydrogens (tertiary/aromatic N) is 3. The molecule has 5 heteroatoms. The molecule has 2 aromatic rings. The van der Waals surface area contributed by atoms with Crippen LogP contribution in [0.5, 0.6) is 0 Å². The van der Waals surface area contributed by atoms with Gasteiger partial charge in [-0.2, -0.15) is 15.0 Å². The highest BCUT2D eigenvalue weighted by Gasteiger charge is 2.09. The maximum atomic E-state index is 4.50. The predicted molar refractivity (Wildman–Crippen MR) is 77.1 cm³/mol. The first-order valence-corrected chi connectivity index (χ1v) is 7.50. The summed E-state index contributed by atoms with van der Waals surface area (Å²) in [7, 11) is 0. The van der Waals surface area contributed by atoms with E-state index in [1.165, 1.54) is 19.3 Å². The lowest BCUT2D eigenvalue weighted by atomic mass is 10.2. The number of halogens is 2. The van der Waals surface area contributed by atoms with Crippen LogP contribution in [0.25, 0.3) is 11.0 Å². The highest BCUT2D eigenvalue weighted by atomic mass is 79.9. The summed E-state index contributed by atoms with van der Waals surface area (Å²) >= 11 is 7.00. The molecule has 0 N–H and O–H groups in total. The number of benzene rings is 1. The molecule has 0 saturated carbocycles. The standard InChI is InChI=1S/C12H15Br2N3/c1-2-3-4-5-8-17-15-11-9(13)6-7-10(14)12(11)16-17/h6-7H,2-5,8H2,1H3. The minimum Gasteiger partial charge on any atom is -0.184 e. The summed E-state index contributed by atoms with van der Waals surface area (Å²) < 4.78 is 1.99. The maximum absolute atomic E-state index is 4.50. The Morgan fingerprint density at radius 3 is 2.12 bits per heavy atom. The second-order valence-electron chi connectivity index (χ2n) is 4.08. The van der Waals surface area contributed by atoms with E-state index in [0.717, 1.165) is 32.9 Å². The Morgan fingerprint density at radius 1 is 1.00 bits per heavy atom. The molecule has 0 saturated heterocycles. The number of rotatable bonds is 5. The number of unbranched alkanes of at least 4 members (excludes halogenated alkanes) is 3. The highest BCUT2D eigenvalue weighted by Crippen LogP contribution is 2.27. The van der Waals surface area contributed by atoms with Gasteiger partial charge in [-0.25, -0.2) is 0 Å². The Labute approximate surface area is 118 Å². The molecule has 0 unspecified atom stereocenters. The SMILES string of the molecule is CCCCCCn1nc2c(Br)ccc(Br)c2n1. The van der Waals surface area contributed by atoms with E-state index in [4.69, 9.17) is 0 Å². The molecule has 0 aliphatic carbocycles. The molecule has 0 radical (unpaired) electrons. The van der Waals surface area contributed by atoms with Crippen LogP contribution in [0.4, 0.5) is 0 Å². The lowest BCUT2D eigenvalue weighted by Crippen LogP contribution is -2.01. The Bertz CT molecular complexity index is 469. The van der Waals surface area contributed by atoms with Crippen molar-refractivity contribution in [2.45, 2.75) is 39.2 Å². The molecule has 0 amide bonds. The largest absolute Gasteiger partial charge is 0.184 e. The van der Waals surface area contributed by atoms with Crippen LogP contribution in [0.1, 0.15) is 32.6 Å². The van der Waals surface area contributed by atoms with Crippen molar-refractivity contribution >= 4 is 42.9 Å². The number of hydrogen-bond acceptors (Lipinski definition) is 2. The fraction of sp³-hybridized carbons (Fsp3) is 0.500. The van der Waals surface area contributed by atoms with E-state index in [-0.39, 0.29) is 0 Å². The van der Waals surface area contributed by atoms with Crippen molar-refractivity contribution < 1.29 is 0 Å². The average molecular weight is 361 g/mol. The first-order valence-electron chi connectivity index (χ1n) is 5.91. The third kappa shape index (κ3) is 3.07. The third-order valence-corrected chi connectivity index (χ3v) is 3.98. The molecule has 0 spiro atoms. The van der Waals surface area contributed by atoms with Crippen LogP contribution in [0.15, 0.2) is 21.1 Å². The molecule has 0 aliphatic heterocycles. The van der Waals surface area contributed by atoms with Gasteiger partial charge in [-0.3, -0.25) is 0 Å². The summed E-state index contributed by atoms with van der Waals surface area (Å²) in [4.78, 5) is 1.80. The number of aryl methyl sites for hydroxylation is 1. The van der Waals surface area contributed by atoms with E-state index in [2.05, 4.69) is 49.0 Å². The zero-order chi connectivity index (χ0) is 12.3. The van der Waals surface area contributed by atoms with Crippen molar-refractivity contribution in [1.29, 1.82) is 0 Å². The van der Waals surface area contributed by atoms with E-state index in [0.29, 0.717) is 0 Å². The summed E-state index contributed by atoms with van der Waals surface area (Å²) in [6.45, 7) is 3.11. The average Bonchev–Trinajstić information content (AvgIpc) is 2.75. The van der Waals surface area contributed by atoms with Crippen molar-refractivity contribution in [2.24, 2.45) is 0 Å². The van der Waals surface area contributed by atoms with Gasteiger partial charge in [0.05, 0.1) is 6.54 Å². The van der Waals surface area contributed by atoms with Crippen molar-refractivity contribution in [3.63, 3.8) is 0 Å². The molecular formula is C12H15Br2N3. The Hall–Kier alpha value is -0.420. The van der Waals surface area contributed by atoms with Gasteiger partial charge in [0, 0.05) is 8.95 Å². The molecule has 1 aromatic carbocycles. The van der Waals surface area contributed by atoms with Gasteiger partial charge < -0.3 is 0 Å². The lowest BCUT2D eigenvalue weighted by Gasteiger charge is -1.98. The van der Waals surface area contributed by atoms with Crippen molar-refractivity contribution in [1.82, 2.24) is 15.0 Å². The van der Waals surface area contributed by atoms with Gasteiger partial charge in [0.1, 0.15) is 11.0 Å². The minimum absolute atomic E-state index is 0.896. The molecule has 92 valence electrons. The van der Waals surface area contributed by atoms with Gasteiger partial charge in [-0.15, -0.1) is 0 Å². The Balaban J connectivity index is 2.14. The minimum atomic E-state index is 0.896. The first-order chi connectivity index (χ1) is 8.22. The number of aromatic nitrogens is 3. The van der Waals surface area contributed by atoms with Gasteiger partial charge in [0.15, 0.2) is 0 Å². The normalized spacial score (nSPS) is 11.2. The van der Waals surface area contributed by atoms with Crippen molar-refractivity contribution in [3.05, 3.63) is 21.1 Å². The van der Waals surface area contributed by atoms with Crippen molar-refractivity contribution in [3.8, 4) is 0 Å². The van der Waals surface area contributed by atoms with Gasteiger partial charge in [0.25, 0.3) is 0 Å². The zero-order valence-electron chi connectivity index (χ0n) is 9.79. The number of fused-ring (bicyclic) bond motifs is 1. The van der Waals surface area contributed by atoms with Crippen LogP contribution in [-0.2, 0) is 6.54 Å². The fourth-order valence-corrected chi connectivity index (χ4v) is 2.55. The van der Waals surface area contributed by atoms with Crippen LogP contribution in [-0.4, -0.2) is 15.0 Å². The molecule has 0 bridgehead atoms. The van der Waals surface area contributed by atoms with E-state index >= 15 is 0 Å². The van der Waals surface area contributed by atoms with Crippen LogP contribution in [0.2, 0.25) is 0 Å². The lowest BCUT2D eigenvalue weighted by molar-refractivity contribution is 0.495. The zero-order valence-corrected chi connectivity index (χ0v) is 13.0. The number of hydrogen-bond donors (Lipinski definition) is 0. The predicted octanol–water partition coefficient (Wildman–Crippen LogP) is 4.54. The smallest absolute Gasteiger partial charge is 0.128 e. The first kappa shape index (κ1) is 13.0. The summed E-state index contributed by atoms with van der Waals surface area (Å²) in [6, 6.07) is 3.98. The van der Waals surface area contributed by atoms with Crippen LogP contribution in [0, 0.1) is 0 Å². The van der Waals surface area contributed by atoms with Crippen molar-refractivity contribution in [2.75, 3.05) is 0 Å². The Morgan fingerprint density at radius 2 is 1.59 bits per heavy atom. The molecule has 1 heterocycles. The van der Waals surface area contributed by atoms with E-state index in [1.807, 2.05) is 12.1 Å².